The Bertz CT molecular complexity index is 604. The highest BCUT2D eigenvalue weighted by molar-refractivity contribution is 7.89. The number of hydrogen-bond donors (Lipinski definition) is 2. The maximum Gasteiger partial charge on any atom is 0.240 e. The van der Waals surface area contributed by atoms with Crippen LogP contribution in [0, 0.1) is 0 Å². The minimum Gasteiger partial charge on any atom is -0.313 e. The van der Waals surface area contributed by atoms with Crippen molar-refractivity contribution in [3.05, 3.63) is 29.3 Å². The smallest absolute Gasteiger partial charge is 0.240 e. The fourth-order valence-corrected chi connectivity index (χ4v) is 4.59. The Morgan fingerprint density at radius 2 is 1.95 bits per heavy atom. The van der Waals surface area contributed by atoms with Crippen molar-refractivity contribution in [2.45, 2.75) is 56.0 Å². The summed E-state index contributed by atoms with van der Waals surface area (Å²) in [6, 6.07) is 5.74. The SMILES string of the molecule is CC1NCCCC1NS(=O)(=O)c1ccc2c(c1)CCC2.Cl. The largest absolute Gasteiger partial charge is 0.313 e. The van der Waals surface area contributed by atoms with E-state index in [4.69, 9.17) is 0 Å². The molecule has 0 aromatic heterocycles. The zero-order chi connectivity index (χ0) is 14.2. The van der Waals surface area contributed by atoms with Gasteiger partial charge in [0.05, 0.1) is 4.90 Å². The van der Waals surface area contributed by atoms with Crippen LogP contribution in [0.4, 0.5) is 0 Å². The molecule has 1 aliphatic carbocycles. The van der Waals surface area contributed by atoms with E-state index in [9.17, 15) is 8.42 Å². The summed E-state index contributed by atoms with van der Waals surface area (Å²) in [5, 5.41) is 3.32. The second kappa shape index (κ2) is 6.65. The van der Waals surface area contributed by atoms with Crippen molar-refractivity contribution in [3.8, 4) is 0 Å². The van der Waals surface area contributed by atoms with E-state index in [2.05, 4.69) is 10.0 Å². The highest BCUT2D eigenvalue weighted by Crippen LogP contribution is 2.25. The molecule has 1 aromatic rings. The fourth-order valence-electron chi connectivity index (χ4n) is 3.19. The van der Waals surface area contributed by atoms with Crippen LogP contribution in [0.25, 0.3) is 0 Å². The molecule has 118 valence electrons. The van der Waals surface area contributed by atoms with Gasteiger partial charge in [-0.25, -0.2) is 13.1 Å². The van der Waals surface area contributed by atoms with Gasteiger partial charge in [0.1, 0.15) is 0 Å². The van der Waals surface area contributed by atoms with E-state index in [0.29, 0.717) is 4.90 Å². The molecule has 21 heavy (non-hydrogen) atoms. The van der Waals surface area contributed by atoms with Crippen molar-refractivity contribution in [2.24, 2.45) is 0 Å². The van der Waals surface area contributed by atoms with Gasteiger partial charge in [-0.1, -0.05) is 6.07 Å². The van der Waals surface area contributed by atoms with Crippen LogP contribution in [0.1, 0.15) is 37.3 Å². The number of sulfonamides is 1. The number of aryl methyl sites for hydroxylation is 2. The first-order chi connectivity index (χ1) is 9.56. The molecule has 6 heteroatoms. The Morgan fingerprint density at radius 3 is 2.71 bits per heavy atom. The van der Waals surface area contributed by atoms with Crippen LogP contribution < -0.4 is 10.0 Å². The summed E-state index contributed by atoms with van der Waals surface area (Å²) in [5.41, 5.74) is 2.50. The number of rotatable bonds is 3. The first-order valence-corrected chi connectivity index (χ1v) is 8.92. The predicted octanol–water partition coefficient (Wildman–Crippen LogP) is 2.02. The second-order valence-electron chi connectivity index (χ2n) is 5.90. The van der Waals surface area contributed by atoms with Crippen molar-refractivity contribution >= 4 is 22.4 Å². The quantitative estimate of drug-likeness (QED) is 0.891. The maximum atomic E-state index is 12.5. The minimum atomic E-state index is -3.40. The summed E-state index contributed by atoms with van der Waals surface area (Å²) in [6.45, 7) is 3.01. The van der Waals surface area contributed by atoms with Crippen LogP contribution in [0.15, 0.2) is 23.1 Å². The van der Waals surface area contributed by atoms with Gasteiger partial charge in [-0.15, -0.1) is 12.4 Å². The van der Waals surface area contributed by atoms with E-state index >= 15 is 0 Å². The van der Waals surface area contributed by atoms with Gasteiger partial charge in [0.25, 0.3) is 0 Å². The van der Waals surface area contributed by atoms with Crippen LogP contribution in [-0.4, -0.2) is 27.0 Å². The predicted molar refractivity (Wildman–Crippen MR) is 86.5 cm³/mol. The number of nitrogens with one attached hydrogen (secondary N) is 2. The van der Waals surface area contributed by atoms with E-state index in [1.165, 1.54) is 11.1 Å². The summed E-state index contributed by atoms with van der Waals surface area (Å²) in [4.78, 5) is 0.413. The highest BCUT2D eigenvalue weighted by atomic mass is 35.5. The van der Waals surface area contributed by atoms with Gasteiger partial charge >= 0.3 is 0 Å². The maximum absolute atomic E-state index is 12.5. The molecule has 0 amide bonds. The van der Waals surface area contributed by atoms with E-state index in [1.807, 2.05) is 19.1 Å². The molecule has 1 saturated heterocycles. The molecule has 1 fully saturated rings. The van der Waals surface area contributed by atoms with Crippen molar-refractivity contribution in [2.75, 3.05) is 6.54 Å². The number of fused-ring (bicyclic) bond motifs is 1. The third-order valence-electron chi connectivity index (χ3n) is 4.45. The molecule has 1 aromatic carbocycles. The first kappa shape index (κ1) is 16.7. The summed E-state index contributed by atoms with van der Waals surface area (Å²) in [7, 11) is -3.40. The van der Waals surface area contributed by atoms with Crippen molar-refractivity contribution < 1.29 is 8.42 Å². The average molecular weight is 331 g/mol. The number of hydrogen-bond acceptors (Lipinski definition) is 3. The zero-order valence-corrected chi connectivity index (χ0v) is 13.9. The number of piperidine rings is 1. The monoisotopic (exact) mass is 330 g/mol. The van der Waals surface area contributed by atoms with E-state index < -0.39 is 10.0 Å². The molecule has 2 N–H and O–H groups in total. The van der Waals surface area contributed by atoms with Crippen LogP contribution in [0.2, 0.25) is 0 Å². The van der Waals surface area contributed by atoms with Gasteiger partial charge < -0.3 is 5.32 Å². The number of benzene rings is 1. The molecule has 2 aliphatic rings. The van der Waals surface area contributed by atoms with Crippen molar-refractivity contribution in [1.82, 2.24) is 10.0 Å². The molecule has 2 atom stereocenters. The second-order valence-corrected chi connectivity index (χ2v) is 7.61. The van der Waals surface area contributed by atoms with Crippen molar-refractivity contribution in [3.63, 3.8) is 0 Å². The summed E-state index contributed by atoms with van der Waals surface area (Å²) < 4.78 is 27.9. The van der Waals surface area contributed by atoms with Gasteiger partial charge in [-0.05, 0) is 68.8 Å². The fraction of sp³-hybridized carbons (Fsp3) is 0.600. The summed E-state index contributed by atoms with van der Waals surface area (Å²) in [6.07, 6.45) is 5.13. The zero-order valence-electron chi connectivity index (χ0n) is 12.3. The third kappa shape index (κ3) is 3.59. The Kier molecular flexibility index (Phi) is 5.30. The summed E-state index contributed by atoms with van der Waals surface area (Å²) in [5.74, 6) is 0. The average Bonchev–Trinajstić information content (AvgIpc) is 2.88. The van der Waals surface area contributed by atoms with Crippen LogP contribution in [0.3, 0.4) is 0 Å². The Labute approximate surface area is 133 Å². The molecule has 0 bridgehead atoms. The molecule has 2 unspecified atom stereocenters. The highest BCUT2D eigenvalue weighted by Gasteiger charge is 2.27. The molecule has 0 radical (unpaired) electrons. The van der Waals surface area contributed by atoms with E-state index in [-0.39, 0.29) is 24.5 Å². The van der Waals surface area contributed by atoms with Crippen LogP contribution >= 0.6 is 12.4 Å². The number of halogens is 1. The lowest BCUT2D eigenvalue weighted by atomic mass is 10.0. The van der Waals surface area contributed by atoms with Gasteiger partial charge in [-0.2, -0.15) is 0 Å². The minimum absolute atomic E-state index is 0. The molecule has 3 rings (SSSR count). The lowest BCUT2D eigenvalue weighted by Crippen LogP contribution is -2.51. The van der Waals surface area contributed by atoms with Gasteiger partial charge in [-0.3, -0.25) is 0 Å². The molecule has 0 saturated carbocycles. The lowest BCUT2D eigenvalue weighted by Gasteiger charge is -2.30. The van der Waals surface area contributed by atoms with E-state index in [0.717, 1.165) is 38.6 Å². The van der Waals surface area contributed by atoms with Gasteiger partial charge in [0.15, 0.2) is 0 Å². The lowest BCUT2D eigenvalue weighted by molar-refractivity contribution is 0.349. The third-order valence-corrected chi connectivity index (χ3v) is 5.94. The standard InChI is InChI=1S/C15H22N2O2S.ClH/c1-11-15(6-3-9-16-11)17-20(18,19)14-8-7-12-4-2-5-13(12)10-14;/h7-8,10-11,15-17H,2-6,9H2,1H3;1H. The Hall–Kier alpha value is -0.620. The molecule has 4 nitrogen and oxygen atoms in total. The Balaban J connectivity index is 0.00000161. The molecular formula is C15H23ClN2O2S. The van der Waals surface area contributed by atoms with Crippen molar-refractivity contribution in [1.29, 1.82) is 0 Å². The topological polar surface area (TPSA) is 58.2 Å². The molecular weight excluding hydrogens is 308 g/mol. The molecule has 1 heterocycles. The molecule has 1 aliphatic heterocycles. The van der Waals surface area contributed by atoms with Gasteiger partial charge in [0.2, 0.25) is 10.0 Å². The normalized spacial score (nSPS) is 25.2. The summed E-state index contributed by atoms with van der Waals surface area (Å²) >= 11 is 0. The Morgan fingerprint density at radius 1 is 1.19 bits per heavy atom. The van der Waals surface area contributed by atoms with Gasteiger partial charge in [0, 0.05) is 12.1 Å². The van der Waals surface area contributed by atoms with Crippen LogP contribution in [0.5, 0.6) is 0 Å². The first-order valence-electron chi connectivity index (χ1n) is 7.44. The molecule has 0 spiro atoms. The van der Waals surface area contributed by atoms with E-state index in [1.54, 1.807) is 6.07 Å². The van der Waals surface area contributed by atoms with Crippen LogP contribution in [-0.2, 0) is 22.9 Å².